The van der Waals surface area contributed by atoms with Gasteiger partial charge in [0.05, 0.1) is 13.2 Å². The molecule has 0 saturated carbocycles. The topological polar surface area (TPSA) is 63.2 Å². The quantitative estimate of drug-likeness (QED) is 0.875. The van der Waals surface area contributed by atoms with Crippen molar-refractivity contribution in [3.8, 4) is 5.75 Å². The molecule has 1 aliphatic rings. The molecule has 2 aromatic rings. The Kier molecular flexibility index (Phi) is 2.95. The number of carbonyl (C=O) groups excluding carboxylic acids is 1. The van der Waals surface area contributed by atoms with Crippen LogP contribution in [-0.4, -0.2) is 30.6 Å². The molecule has 1 aromatic heterocycles. The highest BCUT2D eigenvalue weighted by Crippen LogP contribution is 2.29. The van der Waals surface area contributed by atoms with Crippen LogP contribution < -0.4 is 15.4 Å². The van der Waals surface area contributed by atoms with Crippen molar-refractivity contribution in [1.29, 1.82) is 0 Å². The monoisotopic (exact) mass is 257 g/mol. The SMILES string of the molecule is COc1cccc2c(NC3CNC(=O)C3)nccc12. The van der Waals surface area contributed by atoms with Crippen molar-refractivity contribution in [3.05, 3.63) is 30.5 Å². The lowest BCUT2D eigenvalue weighted by atomic mass is 10.1. The van der Waals surface area contributed by atoms with Crippen molar-refractivity contribution < 1.29 is 9.53 Å². The van der Waals surface area contributed by atoms with Crippen LogP contribution in [0.4, 0.5) is 5.82 Å². The summed E-state index contributed by atoms with van der Waals surface area (Å²) in [5, 5.41) is 8.14. The van der Waals surface area contributed by atoms with Crippen LogP contribution >= 0.6 is 0 Å². The first-order valence-corrected chi connectivity index (χ1v) is 6.23. The molecule has 1 saturated heterocycles. The molecular weight excluding hydrogens is 242 g/mol. The van der Waals surface area contributed by atoms with Gasteiger partial charge in [0.1, 0.15) is 11.6 Å². The second-order valence-corrected chi connectivity index (χ2v) is 4.56. The number of methoxy groups -OCH3 is 1. The number of fused-ring (bicyclic) bond motifs is 1. The number of rotatable bonds is 3. The Balaban J connectivity index is 1.97. The van der Waals surface area contributed by atoms with Crippen LogP contribution in [0.2, 0.25) is 0 Å². The predicted molar refractivity (Wildman–Crippen MR) is 73.3 cm³/mol. The maximum absolute atomic E-state index is 11.2. The molecule has 1 aromatic carbocycles. The summed E-state index contributed by atoms with van der Waals surface area (Å²) in [4.78, 5) is 15.6. The zero-order valence-corrected chi connectivity index (χ0v) is 10.6. The number of hydrogen-bond acceptors (Lipinski definition) is 4. The van der Waals surface area contributed by atoms with Gasteiger partial charge in [0.2, 0.25) is 5.91 Å². The number of pyridine rings is 1. The number of amides is 1. The van der Waals surface area contributed by atoms with Crippen LogP contribution in [0.15, 0.2) is 30.5 Å². The van der Waals surface area contributed by atoms with Crippen molar-refractivity contribution in [3.63, 3.8) is 0 Å². The Morgan fingerprint density at radius 3 is 3.00 bits per heavy atom. The third kappa shape index (κ3) is 2.19. The van der Waals surface area contributed by atoms with Crippen molar-refractivity contribution in [2.24, 2.45) is 0 Å². The van der Waals surface area contributed by atoms with Crippen molar-refractivity contribution >= 4 is 22.5 Å². The standard InChI is InChI=1S/C14H15N3O2/c1-19-12-4-2-3-11-10(12)5-6-15-14(11)17-9-7-13(18)16-8-9/h2-6,9H,7-8H2,1H3,(H,15,17)(H,16,18). The highest BCUT2D eigenvalue weighted by atomic mass is 16.5. The maximum Gasteiger partial charge on any atom is 0.222 e. The molecule has 0 bridgehead atoms. The van der Waals surface area contributed by atoms with E-state index in [2.05, 4.69) is 15.6 Å². The molecule has 5 nitrogen and oxygen atoms in total. The van der Waals surface area contributed by atoms with E-state index in [-0.39, 0.29) is 11.9 Å². The Labute approximate surface area is 111 Å². The van der Waals surface area contributed by atoms with Crippen LogP contribution in [-0.2, 0) is 4.79 Å². The molecule has 0 radical (unpaired) electrons. The van der Waals surface area contributed by atoms with Gasteiger partial charge in [0.25, 0.3) is 0 Å². The fourth-order valence-corrected chi connectivity index (χ4v) is 2.37. The van der Waals surface area contributed by atoms with Crippen LogP contribution in [0.5, 0.6) is 5.75 Å². The minimum Gasteiger partial charge on any atom is -0.496 e. The Bertz CT molecular complexity index is 627. The Hall–Kier alpha value is -2.30. The molecule has 98 valence electrons. The van der Waals surface area contributed by atoms with Gasteiger partial charge in [-0.1, -0.05) is 12.1 Å². The average Bonchev–Trinajstić information content (AvgIpc) is 2.84. The third-order valence-corrected chi connectivity index (χ3v) is 3.30. The lowest BCUT2D eigenvalue weighted by Crippen LogP contribution is -2.22. The molecule has 0 aliphatic carbocycles. The number of benzene rings is 1. The van der Waals surface area contributed by atoms with E-state index in [1.807, 2.05) is 24.3 Å². The molecule has 5 heteroatoms. The molecular formula is C14H15N3O2. The Morgan fingerprint density at radius 2 is 2.26 bits per heavy atom. The molecule has 1 unspecified atom stereocenters. The second kappa shape index (κ2) is 4.76. The summed E-state index contributed by atoms with van der Waals surface area (Å²) in [5.74, 6) is 1.69. The predicted octanol–water partition coefficient (Wildman–Crippen LogP) is 1.54. The van der Waals surface area contributed by atoms with Crippen LogP contribution in [0.3, 0.4) is 0 Å². The van der Waals surface area contributed by atoms with Gasteiger partial charge in [-0.25, -0.2) is 4.98 Å². The minimum atomic E-state index is 0.0790. The van der Waals surface area contributed by atoms with E-state index < -0.39 is 0 Å². The summed E-state index contributed by atoms with van der Waals surface area (Å²) >= 11 is 0. The van der Waals surface area contributed by atoms with Crippen LogP contribution in [0.1, 0.15) is 6.42 Å². The van der Waals surface area contributed by atoms with Gasteiger partial charge in [0.15, 0.2) is 0 Å². The third-order valence-electron chi connectivity index (χ3n) is 3.30. The van der Waals surface area contributed by atoms with Crippen LogP contribution in [0.25, 0.3) is 10.8 Å². The summed E-state index contributed by atoms with van der Waals surface area (Å²) in [6, 6.07) is 7.88. The number of hydrogen-bond donors (Lipinski definition) is 2. The molecule has 1 atom stereocenters. The summed E-state index contributed by atoms with van der Waals surface area (Å²) in [5.41, 5.74) is 0. The molecule has 1 amide bonds. The average molecular weight is 257 g/mol. The van der Waals surface area contributed by atoms with E-state index in [1.165, 1.54) is 0 Å². The molecule has 2 N–H and O–H groups in total. The minimum absolute atomic E-state index is 0.0790. The number of carbonyl (C=O) groups is 1. The molecule has 1 fully saturated rings. The first kappa shape index (κ1) is 11.8. The van der Waals surface area contributed by atoms with Crippen molar-refractivity contribution in [2.45, 2.75) is 12.5 Å². The van der Waals surface area contributed by atoms with Gasteiger partial charge >= 0.3 is 0 Å². The van der Waals surface area contributed by atoms with Gasteiger partial charge in [-0.15, -0.1) is 0 Å². The van der Waals surface area contributed by atoms with E-state index in [0.29, 0.717) is 13.0 Å². The van der Waals surface area contributed by atoms with Crippen LogP contribution in [0, 0.1) is 0 Å². The normalized spacial score (nSPS) is 18.4. The van der Waals surface area contributed by atoms with Gasteiger partial charge in [-0.05, 0) is 12.1 Å². The zero-order valence-electron chi connectivity index (χ0n) is 10.6. The van der Waals surface area contributed by atoms with Crippen molar-refractivity contribution in [1.82, 2.24) is 10.3 Å². The zero-order chi connectivity index (χ0) is 13.2. The van der Waals surface area contributed by atoms with E-state index in [1.54, 1.807) is 13.3 Å². The highest BCUT2D eigenvalue weighted by Gasteiger charge is 2.22. The summed E-state index contributed by atoms with van der Waals surface area (Å²) in [6.45, 7) is 0.640. The van der Waals surface area contributed by atoms with Gasteiger partial charge in [0, 0.05) is 29.9 Å². The van der Waals surface area contributed by atoms with E-state index in [4.69, 9.17) is 4.74 Å². The first-order valence-electron chi connectivity index (χ1n) is 6.23. The van der Waals surface area contributed by atoms with E-state index in [9.17, 15) is 4.79 Å². The lowest BCUT2D eigenvalue weighted by Gasteiger charge is -2.14. The maximum atomic E-state index is 11.2. The molecule has 0 spiro atoms. The fraction of sp³-hybridized carbons (Fsp3) is 0.286. The van der Waals surface area contributed by atoms with E-state index >= 15 is 0 Å². The number of ether oxygens (including phenoxy) is 1. The second-order valence-electron chi connectivity index (χ2n) is 4.56. The lowest BCUT2D eigenvalue weighted by molar-refractivity contribution is -0.119. The molecule has 19 heavy (non-hydrogen) atoms. The number of nitrogens with one attached hydrogen (secondary N) is 2. The largest absolute Gasteiger partial charge is 0.496 e. The van der Waals surface area contributed by atoms with Gasteiger partial charge in [-0.3, -0.25) is 4.79 Å². The Morgan fingerprint density at radius 1 is 1.37 bits per heavy atom. The van der Waals surface area contributed by atoms with Gasteiger partial charge < -0.3 is 15.4 Å². The molecule has 3 rings (SSSR count). The number of anilines is 1. The first-order chi connectivity index (χ1) is 9.28. The summed E-state index contributed by atoms with van der Waals surface area (Å²) in [7, 11) is 1.65. The summed E-state index contributed by atoms with van der Waals surface area (Å²) < 4.78 is 5.35. The molecule has 2 heterocycles. The highest BCUT2D eigenvalue weighted by molar-refractivity contribution is 5.96. The molecule has 1 aliphatic heterocycles. The van der Waals surface area contributed by atoms with Gasteiger partial charge in [-0.2, -0.15) is 0 Å². The van der Waals surface area contributed by atoms with Crippen molar-refractivity contribution in [2.75, 3.05) is 19.0 Å². The number of aromatic nitrogens is 1. The number of nitrogens with zero attached hydrogens (tertiary/aromatic N) is 1. The van der Waals surface area contributed by atoms with E-state index in [0.717, 1.165) is 22.3 Å². The fourth-order valence-electron chi connectivity index (χ4n) is 2.37. The smallest absolute Gasteiger partial charge is 0.222 e. The summed E-state index contributed by atoms with van der Waals surface area (Å²) in [6.07, 6.45) is 2.24.